The molecule has 5 nitrogen and oxygen atoms in total. The molecule has 1 rings (SSSR count). The molecule has 0 atom stereocenters. The number of hydrogen-bond donors (Lipinski definition) is 4. The highest BCUT2D eigenvalue weighted by Gasteiger charge is 2.01. The van der Waals surface area contributed by atoms with Crippen LogP contribution >= 0.6 is 11.6 Å². The Labute approximate surface area is 86.4 Å². The van der Waals surface area contributed by atoms with Gasteiger partial charge in [-0.15, -0.1) is 0 Å². The Kier molecular flexibility index (Phi) is 5.43. The number of aliphatic hydroxyl groups excluding tert-OH is 1. The number of carbonyl (C=O) groups excluding carboxylic acids is 1. The fourth-order valence-electron chi connectivity index (χ4n) is 0.840. The van der Waals surface area contributed by atoms with Gasteiger partial charge in [0.25, 0.3) is 0 Å². The minimum Gasteiger partial charge on any atom is -0.400 e. The summed E-state index contributed by atoms with van der Waals surface area (Å²) >= 11 is 5.42. The molecule has 0 saturated heterocycles. The number of nitrogens with two attached hydrogens (primary N) is 2. The Bertz CT molecular complexity index is 329. The van der Waals surface area contributed by atoms with Crippen LogP contribution in [0.5, 0.6) is 0 Å². The quantitative estimate of drug-likeness (QED) is 0.428. The SMILES string of the molecule is CO.N/C(Cl)=C\c1cc(C=O)[nH]c1N. The van der Waals surface area contributed by atoms with E-state index in [1.165, 1.54) is 6.08 Å². The molecule has 0 amide bonds. The van der Waals surface area contributed by atoms with Gasteiger partial charge in [0.15, 0.2) is 6.29 Å². The van der Waals surface area contributed by atoms with Gasteiger partial charge in [-0.25, -0.2) is 0 Å². The van der Waals surface area contributed by atoms with E-state index in [-0.39, 0.29) is 5.16 Å². The van der Waals surface area contributed by atoms with Gasteiger partial charge in [0, 0.05) is 12.7 Å². The Morgan fingerprint density at radius 3 is 2.57 bits per heavy atom. The molecule has 0 aromatic carbocycles. The van der Waals surface area contributed by atoms with Crippen molar-refractivity contribution in [1.29, 1.82) is 0 Å². The molecule has 0 aliphatic heterocycles. The fourth-order valence-corrected chi connectivity index (χ4v) is 0.958. The van der Waals surface area contributed by atoms with Crippen molar-refractivity contribution in [3.63, 3.8) is 0 Å². The van der Waals surface area contributed by atoms with Crippen LogP contribution in [0.3, 0.4) is 0 Å². The van der Waals surface area contributed by atoms with Crippen LogP contribution in [0.15, 0.2) is 11.2 Å². The minimum absolute atomic E-state index is 0.123. The topological polar surface area (TPSA) is 105 Å². The second-order valence-electron chi connectivity index (χ2n) is 2.24. The van der Waals surface area contributed by atoms with Crippen molar-refractivity contribution < 1.29 is 9.90 Å². The lowest BCUT2D eigenvalue weighted by Gasteiger charge is -1.89. The summed E-state index contributed by atoms with van der Waals surface area (Å²) < 4.78 is 0. The molecule has 0 saturated carbocycles. The lowest BCUT2D eigenvalue weighted by Crippen LogP contribution is -1.90. The average Bonchev–Trinajstić information content (AvgIpc) is 2.50. The van der Waals surface area contributed by atoms with Crippen molar-refractivity contribution in [1.82, 2.24) is 4.98 Å². The number of anilines is 1. The Morgan fingerprint density at radius 1 is 1.64 bits per heavy atom. The molecule has 0 unspecified atom stereocenters. The van der Waals surface area contributed by atoms with E-state index >= 15 is 0 Å². The number of H-pyrrole nitrogens is 1. The standard InChI is InChI=1S/C7H8ClN3O.CH4O/c8-6(9)2-4-1-5(3-12)11-7(4)10;1-2/h1-3,11H,9-10H2;2H,1H3/b6-2-;. The number of aromatic nitrogens is 1. The largest absolute Gasteiger partial charge is 0.400 e. The van der Waals surface area contributed by atoms with E-state index in [1.54, 1.807) is 6.07 Å². The number of hydrogen-bond acceptors (Lipinski definition) is 4. The van der Waals surface area contributed by atoms with Crippen molar-refractivity contribution in [2.45, 2.75) is 0 Å². The first-order valence-electron chi connectivity index (χ1n) is 3.64. The third-order valence-electron chi connectivity index (χ3n) is 1.32. The zero-order valence-electron chi connectivity index (χ0n) is 7.62. The molecule has 6 N–H and O–H groups in total. The van der Waals surface area contributed by atoms with E-state index in [1.807, 2.05) is 0 Å². The summed E-state index contributed by atoms with van der Waals surface area (Å²) in [5.74, 6) is 0.376. The predicted molar refractivity (Wildman–Crippen MR) is 56.8 cm³/mol. The molecule has 0 radical (unpaired) electrons. The van der Waals surface area contributed by atoms with Gasteiger partial charge >= 0.3 is 0 Å². The van der Waals surface area contributed by atoms with Crippen molar-refractivity contribution in [3.05, 3.63) is 22.5 Å². The zero-order chi connectivity index (χ0) is 11.1. The monoisotopic (exact) mass is 217 g/mol. The summed E-state index contributed by atoms with van der Waals surface area (Å²) in [6, 6.07) is 1.57. The number of nitrogens with one attached hydrogen (secondary N) is 1. The van der Waals surface area contributed by atoms with Crippen LogP contribution in [0.4, 0.5) is 5.82 Å². The molecular weight excluding hydrogens is 206 g/mol. The van der Waals surface area contributed by atoms with Crippen LogP contribution in [-0.2, 0) is 0 Å². The molecule has 0 aliphatic rings. The van der Waals surface area contributed by atoms with Crippen LogP contribution in [0.2, 0.25) is 0 Å². The van der Waals surface area contributed by atoms with Crippen LogP contribution < -0.4 is 11.5 Å². The predicted octanol–water partition coefficient (Wildman–Crippen LogP) is 0.514. The zero-order valence-corrected chi connectivity index (χ0v) is 8.38. The van der Waals surface area contributed by atoms with E-state index < -0.39 is 0 Å². The average molecular weight is 218 g/mol. The van der Waals surface area contributed by atoms with Gasteiger partial charge < -0.3 is 21.6 Å². The maximum atomic E-state index is 10.3. The van der Waals surface area contributed by atoms with Gasteiger partial charge in [-0.1, -0.05) is 11.6 Å². The Morgan fingerprint density at radius 2 is 2.21 bits per heavy atom. The third-order valence-corrected chi connectivity index (χ3v) is 1.43. The van der Waals surface area contributed by atoms with Gasteiger partial charge in [0.2, 0.25) is 0 Å². The van der Waals surface area contributed by atoms with E-state index in [0.717, 1.165) is 7.11 Å². The molecule has 6 heteroatoms. The number of aldehydes is 1. The van der Waals surface area contributed by atoms with E-state index in [4.69, 9.17) is 28.2 Å². The maximum Gasteiger partial charge on any atom is 0.166 e. The van der Waals surface area contributed by atoms with Gasteiger partial charge in [0.05, 0.1) is 10.9 Å². The fraction of sp³-hybridized carbons (Fsp3) is 0.125. The molecule has 0 aliphatic carbocycles. The lowest BCUT2D eigenvalue weighted by molar-refractivity contribution is 0.111. The first-order valence-corrected chi connectivity index (χ1v) is 4.02. The minimum atomic E-state index is 0.123. The van der Waals surface area contributed by atoms with Gasteiger partial charge in [-0.2, -0.15) is 0 Å². The molecular formula is C8H12ClN3O2. The summed E-state index contributed by atoms with van der Waals surface area (Å²) in [4.78, 5) is 12.9. The Balaban J connectivity index is 0.000000791. The third kappa shape index (κ3) is 3.51. The number of aliphatic hydroxyl groups is 1. The molecule has 0 spiro atoms. The second kappa shape index (κ2) is 6.06. The molecule has 78 valence electrons. The first-order chi connectivity index (χ1) is 6.63. The number of halogens is 1. The van der Waals surface area contributed by atoms with Gasteiger partial charge in [-0.05, 0) is 12.1 Å². The van der Waals surface area contributed by atoms with Crippen molar-refractivity contribution in [3.8, 4) is 0 Å². The van der Waals surface area contributed by atoms with Crippen molar-refractivity contribution in [2.24, 2.45) is 5.73 Å². The Hall–Kier alpha value is -1.46. The van der Waals surface area contributed by atoms with Crippen molar-refractivity contribution >= 4 is 29.8 Å². The summed E-state index contributed by atoms with van der Waals surface area (Å²) in [5.41, 5.74) is 11.7. The molecule has 14 heavy (non-hydrogen) atoms. The molecule has 0 bridgehead atoms. The number of nitrogen functional groups attached to an aromatic ring is 1. The smallest absolute Gasteiger partial charge is 0.166 e. The van der Waals surface area contributed by atoms with Crippen LogP contribution in [0.1, 0.15) is 16.1 Å². The second-order valence-corrected chi connectivity index (χ2v) is 2.68. The van der Waals surface area contributed by atoms with Gasteiger partial charge in [0.1, 0.15) is 5.82 Å². The van der Waals surface area contributed by atoms with E-state index in [9.17, 15) is 4.79 Å². The number of rotatable bonds is 2. The number of carbonyl (C=O) groups is 1. The normalized spacial score (nSPS) is 10.4. The summed E-state index contributed by atoms with van der Waals surface area (Å²) in [6.07, 6.45) is 2.14. The number of aromatic amines is 1. The first kappa shape index (κ1) is 12.5. The van der Waals surface area contributed by atoms with Crippen LogP contribution in [0, 0.1) is 0 Å². The summed E-state index contributed by atoms with van der Waals surface area (Å²) in [5, 5.41) is 7.12. The van der Waals surface area contributed by atoms with Crippen LogP contribution in [0.25, 0.3) is 6.08 Å². The van der Waals surface area contributed by atoms with Crippen molar-refractivity contribution in [2.75, 3.05) is 12.8 Å². The van der Waals surface area contributed by atoms with E-state index in [2.05, 4.69) is 4.98 Å². The van der Waals surface area contributed by atoms with E-state index in [0.29, 0.717) is 23.4 Å². The summed E-state index contributed by atoms with van der Waals surface area (Å²) in [6.45, 7) is 0. The maximum absolute atomic E-state index is 10.3. The summed E-state index contributed by atoms with van der Waals surface area (Å²) in [7, 11) is 1.00. The molecule has 1 heterocycles. The highest BCUT2D eigenvalue weighted by molar-refractivity contribution is 6.31. The molecule has 1 aromatic heterocycles. The van der Waals surface area contributed by atoms with Crippen LogP contribution in [-0.4, -0.2) is 23.5 Å². The lowest BCUT2D eigenvalue weighted by atomic mass is 10.3. The highest BCUT2D eigenvalue weighted by atomic mass is 35.5. The highest BCUT2D eigenvalue weighted by Crippen LogP contribution is 2.15. The molecule has 1 aromatic rings. The van der Waals surface area contributed by atoms with Gasteiger partial charge in [-0.3, -0.25) is 4.79 Å². The molecule has 0 fully saturated rings.